The Morgan fingerprint density at radius 1 is 1.38 bits per heavy atom. The summed E-state index contributed by atoms with van der Waals surface area (Å²) in [5.41, 5.74) is 2.78. The number of nitrogens with one attached hydrogen (secondary N) is 2. The summed E-state index contributed by atoms with van der Waals surface area (Å²) in [7, 11) is 0. The largest absolute Gasteiger partial charge is 0.335 e. The first kappa shape index (κ1) is 18.0. The molecular weight excluding hydrogens is 288 g/mol. The molecular formula is C15H27ClN4O. The summed E-state index contributed by atoms with van der Waals surface area (Å²) in [6, 6.07) is 0.211. The molecule has 1 aliphatic rings. The molecule has 0 unspecified atom stereocenters. The molecule has 0 bridgehead atoms. The van der Waals surface area contributed by atoms with Crippen LogP contribution < -0.4 is 5.32 Å². The van der Waals surface area contributed by atoms with Gasteiger partial charge in [-0.2, -0.15) is 5.10 Å². The number of carbonyl (C=O) groups is 1. The maximum atomic E-state index is 12.7. The van der Waals surface area contributed by atoms with Gasteiger partial charge in [0, 0.05) is 43.4 Å². The van der Waals surface area contributed by atoms with Crippen LogP contribution in [-0.2, 0) is 13.0 Å². The van der Waals surface area contributed by atoms with E-state index in [0.29, 0.717) is 5.69 Å². The van der Waals surface area contributed by atoms with E-state index < -0.39 is 0 Å². The Kier molecular flexibility index (Phi) is 7.18. The van der Waals surface area contributed by atoms with Crippen LogP contribution in [0.5, 0.6) is 0 Å². The molecule has 5 nitrogen and oxygen atoms in total. The summed E-state index contributed by atoms with van der Waals surface area (Å²) in [4.78, 5) is 14.7. The number of aromatic amines is 1. The van der Waals surface area contributed by atoms with E-state index in [1.54, 1.807) is 0 Å². The molecule has 21 heavy (non-hydrogen) atoms. The highest BCUT2D eigenvalue weighted by molar-refractivity contribution is 5.94. The highest BCUT2D eigenvalue weighted by Gasteiger charge is 2.26. The number of rotatable bonds is 6. The van der Waals surface area contributed by atoms with Gasteiger partial charge in [0.25, 0.3) is 5.91 Å². The minimum atomic E-state index is 0. The fourth-order valence-corrected chi connectivity index (χ4v) is 2.66. The van der Waals surface area contributed by atoms with Crippen LogP contribution in [0, 0.1) is 0 Å². The van der Waals surface area contributed by atoms with Gasteiger partial charge in [-0.25, -0.2) is 0 Å². The van der Waals surface area contributed by atoms with E-state index in [9.17, 15) is 4.79 Å². The number of fused-ring (bicyclic) bond motifs is 1. The van der Waals surface area contributed by atoms with Crippen molar-refractivity contribution >= 4 is 18.3 Å². The van der Waals surface area contributed by atoms with Crippen molar-refractivity contribution in [2.45, 2.75) is 59.0 Å². The monoisotopic (exact) mass is 314 g/mol. The molecule has 0 spiro atoms. The van der Waals surface area contributed by atoms with Crippen molar-refractivity contribution < 1.29 is 4.79 Å². The van der Waals surface area contributed by atoms with Crippen molar-refractivity contribution in [3.8, 4) is 0 Å². The third-order valence-electron chi connectivity index (χ3n) is 3.90. The van der Waals surface area contributed by atoms with E-state index >= 15 is 0 Å². The van der Waals surface area contributed by atoms with Crippen LogP contribution in [0.3, 0.4) is 0 Å². The number of nitrogens with zero attached hydrogens (tertiary/aromatic N) is 2. The zero-order valence-electron chi connectivity index (χ0n) is 13.2. The van der Waals surface area contributed by atoms with Gasteiger partial charge in [-0.15, -0.1) is 12.4 Å². The summed E-state index contributed by atoms with van der Waals surface area (Å²) < 4.78 is 0. The minimum absolute atomic E-state index is 0. The minimum Gasteiger partial charge on any atom is -0.335 e. The molecule has 1 amide bonds. The number of unbranched alkanes of at least 4 members (excludes halogenated alkanes) is 2. The lowest BCUT2D eigenvalue weighted by Crippen LogP contribution is -2.39. The fraction of sp³-hybridized carbons (Fsp3) is 0.733. The smallest absolute Gasteiger partial charge is 0.274 e. The van der Waals surface area contributed by atoms with Crippen molar-refractivity contribution in [3.63, 3.8) is 0 Å². The zero-order valence-corrected chi connectivity index (χ0v) is 14.1. The van der Waals surface area contributed by atoms with Gasteiger partial charge in [0.2, 0.25) is 0 Å². The zero-order chi connectivity index (χ0) is 14.5. The molecule has 1 aromatic rings. The van der Waals surface area contributed by atoms with Gasteiger partial charge < -0.3 is 10.2 Å². The second-order valence-corrected chi connectivity index (χ2v) is 5.76. The van der Waals surface area contributed by atoms with Crippen molar-refractivity contribution in [1.82, 2.24) is 20.4 Å². The van der Waals surface area contributed by atoms with Crippen molar-refractivity contribution in [1.29, 1.82) is 0 Å². The highest BCUT2D eigenvalue weighted by atomic mass is 35.5. The fourth-order valence-electron chi connectivity index (χ4n) is 2.66. The molecule has 0 saturated carbocycles. The van der Waals surface area contributed by atoms with Gasteiger partial charge in [0.1, 0.15) is 0 Å². The molecule has 0 radical (unpaired) electrons. The lowest BCUT2D eigenvalue weighted by Gasteiger charge is -2.26. The molecule has 6 heteroatoms. The Morgan fingerprint density at radius 2 is 2.14 bits per heavy atom. The normalized spacial score (nSPS) is 13.7. The third-order valence-corrected chi connectivity index (χ3v) is 3.90. The number of H-pyrrole nitrogens is 1. The summed E-state index contributed by atoms with van der Waals surface area (Å²) in [6.07, 6.45) is 4.32. The van der Waals surface area contributed by atoms with Crippen LogP contribution in [0.15, 0.2) is 0 Å². The lowest BCUT2D eigenvalue weighted by atomic mass is 10.1. The number of carbonyl (C=O) groups excluding carboxylic acids is 1. The molecule has 1 aromatic heterocycles. The Balaban J connectivity index is 0.00000220. The van der Waals surface area contributed by atoms with Crippen molar-refractivity contribution in [3.05, 3.63) is 17.0 Å². The summed E-state index contributed by atoms with van der Waals surface area (Å²) in [6.45, 7) is 8.83. The summed E-state index contributed by atoms with van der Waals surface area (Å²) in [5.74, 6) is 0.0669. The Morgan fingerprint density at radius 3 is 2.81 bits per heavy atom. The standard InChI is InChI=1S/C15H26N4O.ClH/c1-4-5-6-9-19(11(2)3)15(20)14-12-10-16-8-7-13(12)17-18-14;/h11,16H,4-10H2,1-3H3,(H,17,18);1H. The number of hydrogen-bond donors (Lipinski definition) is 2. The SMILES string of the molecule is CCCCCN(C(=O)c1n[nH]c2c1CNCC2)C(C)C.Cl. The maximum Gasteiger partial charge on any atom is 0.274 e. The first-order valence-corrected chi connectivity index (χ1v) is 7.73. The molecule has 2 N–H and O–H groups in total. The molecule has 1 aliphatic heterocycles. The van der Waals surface area contributed by atoms with Gasteiger partial charge in [0.15, 0.2) is 5.69 Å². The quantitative estimate of drug-likeness (QED) is 0.793. The van der Waals surface area contributed by atoms with Gasteiger partial charge >= 0.3 is 0 Å². The molecule has 0 atom stereocenters. The predicted molar refractivity (Wildman–Crippen MR) is 86.9 cm³/mol. The number of halogens is 1. The molecule has 2 rings (SSSR count). The van der Waals surface area contributed by atoms with Crippen LogP contribution in [0.25, 0.3) is 0 Å². The topological polar surface area (TPSA) is 61.0 Å². The number of hydrogen-bond acceptors (Lipinski definition) is 3. The molecule has 0 fully saturated rings. The average molecular weight is 315 g/mol. The summed E-state index contributed by atoms with van der Waals surface area (Å²) in [5, 5.41) is 10.6. The number of aromatic nitrogens is 2. The third kappa shape index (κ3) is 4.20. The molecule has 0 saturated heterocycles. The van der Waals surface area contributed by atoms with Crippen LogP contribution >= 0.6 is 12.4 Å². The Bertz CT molecular complexity index is 459. The maximum absolute atomic E-state index is 12.7. The van der Waals surface area contributed by atoms with Crippen LogP contribution in [0.1, 0.15) is 61.8 Å². The van der Waals surface area contributed by atoms with Crippen molar-refractivity contribution in [2.24, 2.45) is 0 Å². The van der Waals surface area contributed by atoms with Crippen LogP contribution in [0.2, 0.25) is 0 Å². The molecule has 0 aromatic carbocycles. The van der Waals surface area contributed by atoms with E-state index in [4.69, 9.17) is 0 Å². The number of amides is 1. The van der Waals surface area contributed by atoms with Gasteiger partial charge in [0.05, 0.1) is 0 Å². The second kappa shape index (κ2) is 8.39. The average Bonchev–Trinajstić information content (AvgIpc) is 2.86. The molecule has 120 valence electrons. The Hall–Kier alpha value is -1.07. The van der Waals surface area contributed by atoms with Gasteiger partial charge in [-0.3, -0.25) is 9.89 Å². The molecule has 2 heterocycles. The summed E-state index contributed by atoms with van der Waals surface area (Å²) >= 11 is 0. The van der Waals surface area contributed by atoms with Gasteiger partial charge in [-0.05, 0) is 20.3 Å². The second-order valence-electron chi connectivity index (χ2n) is 5.76. The van der Waals surface area contributed by atoms with E-state index in [1.165, 1.54) is 6.42 Å². The van der Waals surface area contributed by atoms with E-state index in [2.05, 4.69) is 36.3 Å². The Labute approximate surface area is 133 Å². The van der Waals surface area contributed by atoms with Crippen molar-refractivity contribution in [2.75, 3.05) is 13.1 Å². The predicted octanol–water partition coefficient (Wildman–Crippen LogP) is 2.52. The van der Waals surface area contributed by atoms with E-state index in [1.807, 2.05) is 4.90 Å². The highest BCUT2D eigenvalue weighted by Crippen LogP contribution is 2.18. The first-order valence-electron chi connectivity index (χ1n) is 7.73. The van der Waals surface area contributed by atoms with E-state index in [0.717, 1.165) is 50.2 Å². The van der Waals surface area contributed by atoms with Crippen LogP contribution in [-0.4, -0.2) is 40.1 Å². The van der Waals surface area contributed by atoms with Crippen LogP contribution in [0.4, 0.5) is 0 Å². The first-order chi connectivity index (χ1) is 9.65. The van der Waals surface area contributed by atoms with E-state index in [-0.39, 0.29) is 24.4 Å². The molecule has 0 aliphatic carbocycles. The van der Waals surface area contributed by atoms with Gasteiger partial charge in [-0.1, -0.05) is 19.8 Å². The lowest BCUT2D eigenvalue weighted by molar-refractivity contribution is 0.0695.